The fourth-order valence-electron chi connectivity index (χ4n) is 3.20. The Morgan fingerprint density at radius 2 is 2.12 bits per heavy atom. The molecule has 1 fully saturated rings. The Morgan fingerprint density at radius 3 is 2.83 bits per heavy atom. The molecule has 6 heteroatoms. The molecule has 24 heavy (non-hydrogen) atoms. The fourth-order valence-corrected chi connectivity index (χ4v) is 3.20. The van der Waals surface area contributed by atoms with Crippen molar-refractivity contribution in [3.63, 3.8) is 0 Å². The number of rotatable bonds is 4. The molecule has 2 amide bonds. The van der Waals surface area contributed by atoms with E-state index in [0.29, 0.717) is 18.8 Å². The third kappa shape index (κ3) is 2.96. The zero-order valence-electron chi connectivity index (χ0n) is 14.3. The van der Waals surface area contributed by atoms with E-state index < -0.39 is 0 Å². The number of fused-ring (bicyclic) bond motifs is 1. The van der Waals surface area contributed by atoms with Crippen LogP contribution in [0.3, 0.4) is 0 Å². The van der Waals surface area contributed by atoms with Crippen molar-refractivity contribution in [3.05, 3.63) is 30.0 Å². The lowest BCUT2D eigenvalue weighted by atomic mass is 10.2. The van der Waals surface area contributed by atoms with Crippen molar-refractivity contribution in [3.8, 4) is 5.75 Å². The summed E-state index contributed by atoms with van der Waals surface area (Å²) in [4.78, 5) is 31.5. The third-order valence-electron chi connectivity index (χ3n) is 4.37. The first-order valence-electron chi connectivity index (χ1n) is 8.29. The van der Waals surface area contributed by atoms with E-state index in [2.05, 4.69) is 4.98 Å². The minimum atomic E-state index is -0.363. The second kappa shape index (κ2) is 6.55. The van der Waals surface area contributed by atoms with Gasteiger partial charge in [0.2, 0.25) is 5.91 Å². The van der Waals surface area contributed by atoms with Gasteiger partial charge in [-0.05, 0) is 38.0 Å². The van der Waals surface area contributed by atoms with Crippen molar-refractivity contribution in [2.75, 3.05) is 27.2 Å². The Labute approximate surface area is 141 Å². The second-order valence-electron chi connectivity index (χ2n) is 6.25. The summed E-state index contributed by atoms with van der Waals surface area (Å²) in [5.74, 6) is 0.630. The Morgan fingerprint density at radius 1 is 1.33 bits per heavy atom. The van der Waals surface area contributed by atoms with Crippen molar-refractivity contribution in [1.82, 2.24) is 14.8 Å². The van der Waals surface area contributed by atoms with Crippen LogP contribution >= 0.6 is 0 Å². The van der Waals surface area contributed by atoms with Gasteiger partial charge in [-0.25, -0.2) is 0 Å². The summed E-state index contributed by atoms with van der Waals surface area (Å²) in [6.07, 6.45) is 1.57. The van der Waals surface area contributed by atoms with Crippen molar-refractivity contribution >= 4 is 22.7 Å². The van der Waals surface area contributed by atoms with Crippen LogP contribution in [0.5, 0.6) is 5.75 Å². The van der Waals surface area contributed by atoms with E-state index in [1.165, 1.54) is 0 Å². The molecule has 1 N–H and O–H groups in total. The van der Waals surface area contributed by atoms with Crippen LogP contribution in [0.25, 0.3) is 10.9 Å². The minimum Gasteiger partial charge on any atom is -0.494 e. The highest BCUT2D eigenvalue weighted by molar-refractivity contribution is 6.00. The van der Waals surface area contributed by atoms with E-state index >= 15 is 0 Å². The van der Waals surface area contributed by atoms with Gasteiger partial charge in [-0.3, -0.25) is 9.59 Å². The Bertz CT molecular complexity index is 766. The molecule has 2 aromatic rings. The number of nitrogens with one attached hydrogen (secondary N) is 1. The van der Waals surface area contributed by atoms with Gasteiger partial charge >= 0.3 is 0 Å². The number of aromatic nitrogens is 1. The lowest BCUT2D eigenvalue weighted by Gasteiger charge is -2.25. The standard InChI is InChI=1S/C18H23N3O3/c1-4-24-13-8-7-12-10-15(19-14(12)11-13)17(22)21-9-5-6-16(21)18(23)20(2)3/h7-8,10-11,16,19H,4-6,9H2,1-3H3. The molecule has 1 saturated heterocycles. The second-order valence-corrected chi connectivity index (χ2v) is 6.25. The zero-order chi connectivity index (χ0) is 17.3. The number of likely N-dealkylation sites (tertiary alicyclic amines) is 1. The summed E-state index contributed by atoms with van der Waals surface area (Å²) < 4.78 is 5.49. The van der Waals surface area contributed by atoms with Crippen LogP contribution in [-0.4, -0.2) is 59.9 Å². The molecule has 1 aromatic carbocycles. The van der Waals surface area contributed by atoms with Crippen LogP contribution in [0.4, 0.5) is 0 Å². The molecule has 1 atom stereocenters. The molecule has 0 spiro atoms. The molecule has 1 unspecified atom stereocenters. The predicted molar refractivity (Wildman–Crippen MR) is 92.2 cm³/mol. The number of likely N-dealkylation sites (N-methyl/N-ethyl adjacent to an activating group) is 1. The Balaban J connectivity index is 1.86. The Hall–Kier alpha value is -2.50. The third-order valence-corrected chi connectivity index (χ3v) is 4.37. The number of benzene rings is 1. The smallest absolute Gasteiger partial charge is 0.270 e. The maximum atomic E-state index is 12.9. The average Bonchev–Trinajstić information content (AvgIpc) is 3.20. The fraction of sp³-hybridized carbons (Fsp3) is 0.444. The monoisotopic (exact) mass is 329 g/mol. The van der Waals surface area contributed by atoms with Gasteiger partial charge in [0.1, 0.15) is 17.5 Å². The molecule has 0 saturated carbocycles. The molecule has 0 aliphatic carbocycles. The number of ether oxygens (including phenoxy) is 1. The molecular weight excluding hydrogens is 306 g/mol. The highest BCUT2D eigenvalue weighted by atomic mass is 16.5. The maximum Gasteiger partial charge on any atom is 0.270 e. The molecular formula is C18H23N3O3. The number of H-pyrrole nitrogens is 1. The van der Waals surface area contributed by atoms with E-state index in [0.717, 1.165) is 29.5 Å². The molecule has 1 aliphatic rings. The quantitative estimate of drug-likeness (QED) is 0.936. The largest absolute Gasteiger partial charge is 0.494 e. The van der Waals surface area contributed by atoms with E-state index in [9.17, 15) is 9.59 Å². The minimum absolute atomic E-state index is 0.0180. The van der Waals surface area contributed by atoms with Crippen LogP contribution in [0.15, 0.2) is 24.3 Å². The summed E-state index contributed by atoms with van der Waals surface area (Å²) in [5, 5.41) is 0.955. The van der Waals surface area contributed by atoms with Crippen LogP contribution < -0.4 is 4.74 Å². The molecule has 0 radical (unpaired) electrons. The lowest BCUT2D eigenvalue weighted by molar-refractivity contribution is -0.132. The summed E-state index contributed by atoms with van der Waals surface area (Å²) in [7, 11) is 3.45. The van der Waals surface area contributed by atoms with Crippen molar-refractivity contribution in [1.29, 1.82) is 0 Å². The number of carbonyl (C=O) groups is 2. The van der Waals surface area contributed by atoms with Crippen molar-refractivity contribution in [2.24, 2.45) is 0 Å². The maximum absolute atomic E-state index is 12.9. The van der Waals surface area contributed by atoms with Crippen LogP contribution in [0.1, 0.15) is 30.3 Å². The van der Waals surface area contributed by atoms with E-state index in [4.69, 9.17) is 4.74 Å². The van der Waals surface area contributed by atoms with Gasteiger partial charge in [-0.1, -0.05) is 0 Å². The first-order chi connectivity index (χ1) is 11.5. The molecule has 1 aromatic heterocycles. The number of hydrogen-bond donors (Lipinski definition) is 1. The summed E-state index contributed by atoms with van der Waals surface area (Å²) >= 11 is 0. The number of amides is 2. The number of aromatic amines is 1. The lowest BCUT2D eigenvalue weighted by Crippen LogP contribution is -2.45. The first-order valence-corrected chi connectivity index (χ1v) is 8.29. The van der Waals surface area contributed by atoms with Gasteiger partial charge < -0.3 is 19.5 Å². The van der Waals surface area contributed by atoms with Crippen molar-refractivity contribution < 1.29 is 14.3 Å². The van der Waals surface area contributed by atoms with Crippen molar-refractivity contribution in [2.45, 2.75) is 25.8 Å². The molecule has 6 nitrogen and oxygen atoms in total. The number of nitrogens with zero attached hydrogens (tertiary/aromatic N) is 2. The number of hydrogen-bond acceptors (Lipinski definition) is 3. The van der Waals surface area contributed by atoms with Crippen LogP contribution in [-0.2, 0) is 4.79 Å². The van der Waals surface area contributed by atoms with E-state index in [1.807, 2.05) is 31.2 Å². The van der Waals surface area contributed by atoms with Crippen LogP contribution in [0.2, 0.25) is 0 Å². The Kier molecular flexibility index (Phi) is 4.46. The van der Waals surface area contributed by atoms with Gasteiger partial charge in [-0.2, -0.15) is 0 Å². The topological polar surface area (TPSA) is 65.6 Å². The molecule has 2 heterocycles. The predicted octanol–water partition coefficient (Wildman–Crippen LogP) is 2.26. The summed E-state index contributed by atoms with van der Waals surface area (Å²) in [6.45, 7) is 3.14. The molecule has 1 aliphatic heterocycles. The van der Waals surface area contributed by atoms with Gasteiger partial charge in [-0.15, -0.1) is 0 Å². The molecule has 0 bridgehead atoms. The van der Waals surface area contributed by atoms with Gasteiger partial charge in [0.25, 0.3) is 5.91 Å². The van der Waals surface area contributed by atoms with Gasteiger partial charge in [0, 0.05) is 37.6 Å². The SMILES string of the molecule is CCOc1ccc2cc(C(=O)N3CCCC3C(=O)N(C)C)[nH]c2c1. The molecule has 3 rings (SSSR count). The van der Waals surface area contributed by atoms with E-state index in [-0.39, 0.29) is 17.9 Å². The summed E-state index contributed by atoms with van der Waals surface area (Å²) in [5.41, 5.74) is 1.37. The highest BCUT2D eigenvalue weighted by Crippen LogP contribution is 2.25. The normalized spacial score (nSPS) is 17.3. The van der Waals surface area contributed by atoms with Crippen LogP contribution in [0, 0.1) is 0 Å². The van der Waals surface area contributed by atoms with Gasteiger partial charge in [0.15, 0.2) is 0 Å². The average molecular weight is 329 g/mol. The van der Waals surface area contributed by atoms with Gasteiger partial charge in [0.05, 0.1) is 6.61 Å². The van der Waals surface area contributed by atoms with E-state index in [1.54, 1.807) is 23.9 Å². The zero-order valence-corrected chi connectivity index (χ0v) is 14.3. The first kappa shape index (κ1) is 16.4. The number of carbonyl (C=O) groups excluding carboxylic acids is 2. The molecule has 128 valence electrons. The summed E-state index contributed by atoms with van der Waals surface area (Å²) in [6, 6.07) is 7.19. The highest BCUT2D eigenvalue weighted by Gasteiger charge is 2.35.